The third-order valence-corrected chi connectivity index (χ3v) is 2.64. The zero-order valence-corrected chi connectivity index (χ0v) is 10.2. The highest BCUT2D eigenvalue weighted by Crippen LogP contribution is 2.16. The standard InChI is InChI=1S/C11H13BrN2O/c1-8-14-10-3-2-9(4-5-13-7-12)6-11(10)15-8/h2-3,6,13H,4-5,7H2,1H3. The second-order valence-corrected chi connectivity index (χ2v) is 3.98. The van der Waals surface area contributed by atoms with E-state index in [4.69, 9.17) is 4.42 Å². The van der Waals surface area contributed by atoms with E-state index in [0.717, 1.165) is 35.4 Å². The van der Waals surface area contributed by atoms with Gasteiger partial charge in [-0.15, -0.1) is 0 Å². The summed E-state index contributed by atoms with van der Waals surface area (Å²) in [5.74, 6) is 0.723. The van der Waals surface area contributed by atoms with E-state index < -0.39 is 0 Å². The summed E-state index contributed by atoms with van der Waals surface area (Å²) in [6.07, 6.45) is 1.00. The third-order valence-electron chi connectivity index (χ3n) is 2.24. The average molecular weight is 269 g/mol. The number of oxazole rings is 1. The Hall–Kier alpha value is -0.870. The lowest BCUT2D eigenvalue weighted by molar-refractivity contribution is 0.560. The van der Waals surface area contributed by atoms with Crippen LogP contribution in [0.1, 0.15) is 11.5 Å². The van der Waals surface area contributed by atoms with Crippen molar-refractivity contribution in [2.24, 2.45) is 0 Å². The first-order chi connectivity index (χ1) is 7.29. The Morgan fingerprint density at radius 1 is 1.47 bits per heavy atom. The number of nitrogens with one attached hydrogen (secondary N) is 1. The summed E-state index contributed by atoms with van der Waals surface area (Å²) in [4.78, 5) is 4.26. The first kappa shape index (κ1) is 10.6. The number of aromatic nitrogens is 1. The van der Waals surface area contributed by atoms with Crippen molar-refractivity contribution in [3.05, 3.63) is 29.7 Å². The van der Waals surface area contributed by atoms with E-state index in [1.165, 1.54) is 5.56 Å². The van der Waals surface area contributed by atoms with Crippen LogP contribution in [0.25, 0.3) is 11.1 Å². The van der Waals surface area contributed by atoms with E-state index in [0.29, 0.717) is 0 Å². The summed E-state index contributed by atoms with van der Waals surface area (Å²) in [5.41, 5.74) is 3.91. The van der Waals surface area contributed by atoms with Crippen LogP contribution in [0.2, 0.25) is 0 Å². The van der Waals surface area contributed by atoms with Crippen molar-refractivity contribution in [2.75, 3.05) is 12.0 Å². The van der Waals surface area contributed by atoms with E-state index in [-0.39, 0.29) is 0 Å². The zero-order valence-electron chi connectivity index (χ0n) is 8.59. The van der Waals surface area contributed by atoms with Crippen molar-refractivity contribution in [3.63, 3.8) is 0 Å². The highest BCUT2D eigenvalue weighted by molar-refractivity contribution is 9.09. The first-order valence-corrected chi connectivity index (χ1v) is 6.04. The summed E-state index contributed by atoms with van der Waals surface area (Å²) in [7, 11) is 0. The Bertz CT molecular complexity index is 453. The van der Waals surface area contributed by atoms with Crippen molar-refractivity contribution < 1.29 is 4.42 Å². The number of fused-ring (bicyclic) bond motifs is 1. The van der Waals surface area contributed by atoms with E-state index in [1.54, 1.807) is 0 Å². The molecule has 0 spiro atoms. The molecule has 2 aromatic rings. The number of rotatable bonds is 4. The number of hydrogen-bond donors (Lipinski definition) is 1. The van der Waals surface area contributed by atoms with Crippen LogP contribution >= 0.6 is 15.9 Å². The lowest BCUT2D eigenvalue weighted by Gasteiger charge is -2.00. The molecule has 1 aromatic carbocycles. The van der Waals surface area contributed by atoms with Crippen LogP contribution in [0.5, 0.6) is 0 Å². The average Bonchev–Trinajstić information content (AvgIpc) is 2.57. The largest absolute Gasteiger partial charge is 0.441 e. The Morgan fingerprint density at radius 3 is 3.13 bits per heavy atom. The quantitative estimate of drug-likeness (QED) is 0.526. The van der Waals surface area contributed by atoms with Crippen LogP contribution < -0.4 is 5.32 Å². The van der Waals surface area contributed by atoms with Gasteiger partial charge in [0.05, 0.1) is 5.45 Å². The minimum absolute atomic E-state index is 0.723. The lowest BCUT2D eigenvalue weighted by atomic mass is 10.1. The van der Waals surface area contributed by atoms with E-state index in [2.05, 4.69) is 38.4 Å². The Balaban J connectivity index is 2.15. The fourth-order valence-electron chi connectivity index (χ4n) is 1.54. The van der Waals surface area contributed by atoms with Crippen LogP contribution in [0.3, 0.4) is 0 Å². The van der Waals surface area contributed by atoms with Crippen molar-refractivity contribution in [1.82, 2.24) is 10.3 Å². The molecule has 0 saturated heterocycles. The molecule has 0 amide bonds. The number of alkyl halides is 1. The molecule has 0 atom stereocenters. The summed E-state index contributed by atoms with van der Waals surface area (Å²) in [5, 5.41) is 3.22. The van der Waals surface area contributed by atoms with E-state index in [9.17, 15) is 0 Å². The fraction of sp³-hybridized carbons (Fsp3) is 0.364. The van der Waals surface area contributed by atoms with Crippen LogP contribution in [-0.4, -0.2) is 17.0 Å². The second kappa shape index (κ2) is 4.77. The van der Waals surface area contributed by atoms with Crippen molar-refractivity contribution in [1.29, 1.82) is 0 Å². The van der Waals surface area contributed by atoms with Crippen LogP contribution in [-0.2, 0) is 6.42 Å². The van der Waals surface area contributed by atoms with Gasteiger partial charge in [-0.2, -0.15) is 0 Å². The third kappa shape index (κ3) is 2.58. The molecule has 0 saturated carbocycles. The predicted octanol–water partition coefficient (Wildman–Crippen LogP) is 2.62. The number of aryl methyl sites for hydroxylation is 1. The molecule has 1 heterocycles. The topological polar surface area (TPSA) is 38.1 Å². The highest BCUT2D eigenvalue weighted by Gasteiger charge is 2.02. The van der Waals surface area contributed by atoms with Gasteiger partial charge in [-0.3, -0.25) is 0 Å². The molecule has 0 aliphatic carbocycles. The minimum atomic E-state index is 0.723. The Labute approximate surface area is 97.0 Å². The molecule has 0 aliphatic heterocycles. The maximum atomic E-state index is 5.47. The van der Waals surface area contributed by atoms with Gasteiger partial charge in [-0.1, -0.05) is 22.0 Å². The SMILES string of the molecule is Cc1nc2ccc(CCNCBr)cc2o1. The smallest absolute Gasteiger partial charge is 0.192 e. The van der Waals surface area contributed by atoms with Gasteiger partial charge in [0.15, 0.2) is 11.5 Å². The molecule has 0 fully saturated rings. The van der Waals surface area contributed by atoms with Crippen LogP contribution in [0.15, 0.2) is 22.6 Å². The minimum Gasteiger partial charge on any atom is -0.441 e. The highest BCUT2D eigenvalue weighted by atomic mass is 79.9. The van der Waals surface area contributed by atoms with Crippen molar-refractivity contribution >= 4 is 27.0 Å². The fourth-order valence-corrected chi connectivity index (χ4v) is 1.82. The number of halogens is 1. The summed E-state index contributed by atoms with van der Waals surface area (Å²) >= 11 is 3.33. The van der Waals surface area contributed by atoms with Gasteiger partial charge in [-0.05, 0) is 30.7 Å². The van der Waals surface area contributed by atoms with Crippen molar-refractivity contribution in [3.8, 4) is 0 Å². The summed E-state index contributed by atoms with van der Waals surface area (Å²) in [6, 6.07) is 6.17. The molecule has 0 aliphatic rings. The van der Waals surface area contributed by atoms with Gasteiger partial charge in [-0.25, -0.2) is 4.98 Å². The molecule has 1 N–H and O–H groups in total. The molecule has 0 radical (unpaired) electrons. The summed E-state index contributed by atoms with van der Waals surface area (Å²) < 4.78 is 5.47. The number of hydrogen-bond acceptors (Lipinski definition) is 3. The van der Waals surface area contributed by atoms with Crippen LogP contribution in [0.4, 0.5) is 0 Å². The summed E-state index contributed by atoms with van der Waals surface area (Å²) in [6.45, 7) is 2.83. The van der Waals surface area contributed by atoms with Gasteiger partial charge < -0.3 is 9.73 Å². The van der Waals surface area contributed by atoms with Gasteiger partial charge >= 0.3 is 0 Å². The van der Waals surface area contributed by atoms with Gasteiger partial charge in [0.2, 0.25) is 0 Å². The molecule has 80 valence electrons. The number of benzene rings is 1. The molecule has 4 heteroatoms. The second-order valence-electron chi connectivity index (χ2n) is 3.42. The first-order valence-electron chi connectivity index (χ1n) is 4.92. The lowest BCUT2D eigenvalue weighted by Crippen LogP contribution is -2.14. The number of nitrogens with zero attached hydrogens (tertiary/aromatic N) is 1. The Morgan fingerprint density at radius 2 is 2.33 bits per heavy atom. The van der Waals surface area contributed by atoms with Gasteiger partial charge in [0.25, 0.3) is 0 Å². The maximum Gasteiger partial charge on any atom is 0.192 e. The molecule has 0 bridgehead atoms. The monoisotopic (exact) mass is 268 g/mol. The predicted molar refractivity (Wildman–Crippen MR) is 64.2 cm³/mol. The molecule has 3 nitrogen and oxygen atoms in total. The van der Waals surface area contributed by atoms with Gasteiger partial charge in [0, 0.05) is 6.92 Å². The molecule has 1 aromatic heterocycles. The molecule has 15 heavy (non-hydrogen) atoms. The Kier molecular flexibility index (Phi) is 3.38. The van der Waals surface area contributed by atoms with Gasteiger partial charge in [0.1, 0.15) is 5.52 Å². The normalized spacial score (nSPS) is 11.1. The maximum absolute atomic E-state index is 5.47. The van der Waals surface area contributed by atoms with E-state index >= 15 is 0 Å². The molecule has 0 unspecified atom stereocenters. The molecular weight excluding hydrogens is 256 g/mol. The zero-order chi connectivity index (χ0) is 10.7. The molecule has 2 rings (SSSR count). The molecular formula is C11H13BrN2O. The van der Waals surface area contributed by atoms with Crippen molar-refractivity contribution in [2.45, 2.75) is 13.3 Å². The van der Waals surface area contributed by atoms with E-state index in [1.807, 2.05) is 13.0 Å². The van der Waals surface area contributed by atoms with Crippen LogP contribution in [0, 0.1) is 6.92 Å².